The molecule has 1 atom stereocenters. The Bertz CT molecular complexity index is 530. The second kappa shape index (κ2) is 7.87. The number of carbonyl (C=O) groups excluding carboxylic acids is 1. The number of halogens is 2. The largest absolute Gasteiger partial charge is 0.395 e. The highest BCUT2D eigenvalue weighted by atomic mass is 35.5. The van der Waals surface area contributed by atoms with Crippen LogP contribution in [0, 0.1) is 5.82 Å². The van der Waals surface area contributed by atoms with Crippen LogP contribution in [0.4, 0.5) is 4.39 Å². The molecule has 7 heteroatoms. The van der Waals surface area contributed by atoms with E-state index in [1.165, 1.54) is 12.1 Å². The lowest BCUT2D eigenvalue weighted by Crippen LogP contribution is -2.53. The maximum absolute atomic E-state index is 13.1. The zero-order valence-electron chi connectivity index (χ0n) is 12.5. The first-order chi connectivity index (χ1) is 10.5. The highest BCUT2D eigenvalue weighted by Crippen LogP contribution is 2.21. The minimum atomic E-state index is -0.470. The topological polar surface area (TPSA) is 53.0 Å². The fourth-order valence-electron chi connectivity index (χ4n) is 2.51. The van der Waals surface area contributed by atoms with Crippen LogP contribution in [0.5, 0.6) is 0 Å². The van der Waals surface area contributed by atoms with Gasteiger partial charge in [-0.25, -0.2) is 4.39 Å². The number of nitrogens with zero attached hydrogens (tertiary/aromatic N) is 2. The van der Waals surface area contributed by atoms with Gasteiger partial charge in [0.2, 0.25) is 0 Å². The summed E-state index contributed by atoms with van der Waals surface area (Å²) in [5.41, 5.74) is 0.291. The van der Waals surface area contributed by atoms with Crippen molar-refractivity contribution >= 4 is 17.5 Å². The molecule has 1 N–H and O–H groups in total. The number of morpholine rings is 1. The third kappa shape index (κ3) is 4.16. The Morgan fingerprint density at radius 2 is 2.36 bits per heavy atom. The molecule has 1 fully saturated rings. The van der Waals surface area contributed by atoms with Crippen molar-refractivity contribution in [3.8, 4) is 0 Å². The van der Waals surface area contributed by atoms with Crippen LogP contribution in [0.3, 0.4) is 0 Å². The third-order valence-corrected chi connectivity index (χ3v) is 3.97. The van der Waals surface area contributed by atoms with Crippen LogP contribution in [0.2, 0.25) is 5.02 Å². The van der Waals surface area contributed by atoms with E-state index in [1.54, 1.807) is 4.90 Å². The van der Waals surface area contributed by atoms with Crippen LogP contribution >= 0.6 is 11.6 Å². The first-order valence-electron chi connectivity index (χ1n) is 7.16. The molecule has 1 aliphatic rings. The number of ether oxygens (including phenoxy) is 1. The van der Waals surface area contributed by atoms with Gasteiger partial charge in [0.15, 0.2) is 0 Å². The van der Waals surface area contributed by atoms with Gasteiger partial charge in [0.1, 0.15) is 5.82 Å². The molecular weight excluding hydrogens is 311 g/mol. The van der Waals surface area contributed by atoms with E-state index in [2.05, 4.69) is 0 Å². The van der Waals surface area contributed by atoms with E-state index >= 15 is 0 Å². The first-order valence-corrected chi connectivity index (χ1v) is 7.54. The fraction of sp³-hybridized carbons (Fsp3) is 0.533. The van der Waals surface area contributed by atoms with E-state index in [-0.39, 0.29) is 23.6 Å². The average Bonchev–Trinajstić information content (AvgIpc) is 2.47. The molecule has 1 aromatic rings. The highest BCUT2D eigenvalue weighted by Gasteiger charge is 2.29. The summed E-state index contributed by atoms with van der Waals surface area (Å²) in [4.78, 5) is 16.3. The van der Waals surface area contributed by atoms with Crippen molar-refractivity contribution in [1.82, 2.24) is 9.80 Å². The molecule has 1 aliphatic heterocycles. The van der Waals surface area contributed by atoms with E-state index in [4.69, 9.17) is 21.4 Å². The summed E-state index contributed by atoms with van der Waals surface area (Å²) < 4.78 is 18.6. The number of aliphatic hydroxyl groups is 1. The van der Waals surface area contributed by atoms with Crippen molar-refractivity contribution in [3.05, 3.63) is 34.6 Å². The van der Waals surface area contributed by atoms with Gasteiger partial charge >= 0.3 is 0 Å². The van der Waals surface area contributed by atoms with Gasteiger partial charge in [0.25, 0.3) is 5.91 Å². The standard InChI is InChI=1S/C15H20ClFN2O3/c1-18(4-6-20)9-12-10-22-7-5-19(12)15(21)13-3-2-11(17)8-14(13)16/h2-3,8,12,20H,4-7,9-10H2,1H3/t12-/m1/s1. The van der Waals surface area contributed by atoms with Gasteiger partial charge in [-0.2, -0.15) is 0 Å². The smallest absolute Gasteiger partial charge is 0.255 e. The Labute approximate surface area is 134 Å². The van der Waals surface area contributed by atoms with Gasteiger partial charge in [-0.15, -0.1) is 0 Å². The molecule has 0 radical (unpaired) electrons. The van der Waals surface area contributed by atoms with Gasteiger partial charge in [-0.05, 0) is 25.2 Å². The number of rotatable bonds is 5. The summed E-state index contributed by atoms with van der Waals surface area (Å²) in [5.74, 6) is -0.696. The summed E-state index contributed by atoms with van der Waals surface area (Å²) in [6.45, 7) is 2.53. The summed E-state index contributed by atoms with van der Waals surface area (Å²) in [5, 5.41) is 9.09. The molecular formula is C15H20ClFN2O3. The number of carbonyl (C=O) groups is 1. The average molecular weight is 331 g/mol. The van der Waals surface area contributed by atoms with Crippen LogP contribution in [-0.4, -0.2) is 73.4 Å². The normalized spacial score (nSPS) is 18.8. The molecule has 0 unspecified atom stereocenters. The summed E-state index contributed by atoms with van der Waals surface area (Å²) in [6, 6.07) is 3.65. The molecule has 1 aromatic carbocycles. The monoisotopic (exact) mass is 330 g/mol. The van der Waals surface area contributed by atoms with Crippen molar-refractivity contribution in [2.45, 2.75) is 6.04 Å². The summed E-state index contributed by atoms with van der Waals surface area (Å²) in [7, 11) is 1.87. The Hall–Kier alpha value is -1.21. The van der Waals surface area contributed by atoms with E-state index in [1.807, 2.05) is 11.9 Å². The van der Waals surface area contributed by atoms with Gasteiger partial charge in [0.05, 0.1) is 36.4 Å². The van der Waals surface area contributed by atoms with Crippen molar-refractivity contribution in [3.63, 3.8) is 0 Å². The predicted molar refractivity (Wildman–Crippen MR) is 81.6 cm³/mol. The second-order valence-corrected chi connectivity index (χ2v) is 5.74. The van der Waals surface area contributed by atoms with Crippen LogP contribution in [0.15, 0.2) is 18.2 Å². The number of likely N-dealkylation sites (N-methyl/N-ethyl adjacent to an activating group) is 1. The van der Waals surface area contributed by atoms with Crippen LogP contribution in [0.1, 0.15) is 10.4 Å². The van der Waals surface area contributed by atoms with Crippen molar-refractivity contribution in [1.29, 1.82) is 0 Å². The lowest BCUT2D eigenvalue weighted by Gasteiger charge is -2.37. The Morgan fingerprint density at radius 1 is 1.59 bits per heavy atom. The van der Waals surface area contributed by atoms with E-state index in [9.17, 15) is 9.18 Å². The van der Waals surface area contributed by atoms with Gasteiger partial charge in [0, 0.05) is 19.6 Å². The first kappa shape index (κ1) is 17.1. The maximum Gasteiger partial charge on any atom is 0.255 e. The van der Waals surface area contributed by atoms with Gasteiger partial charge in [-0.3, -0.25) is 4.79 Å². The Balaban J connectivity index is 2.14. The number of hydrogen-bond donors (Lipinski definition) is 1. The Kier molecular flexibility index (Phi) is 6.14. The molecule has 0 saturated carbocycles. The number of aliphatic hydroxyl groups excluding tert-OH is 1. The van der Waals surface area contributed by atoms with Crippen molar-refractivity contribution < 1.29 is 19.0 Å². The fourth-order valence-corrected chi connectivity index (χ4v) is 2.76. The molecule has 2 rings (SSSR count). The van der Waals surface area contributed by atoms with Crippen LogP contribution in [0.25, 0.3) is 0 Å². The molecule has 1 saturated heterocycles. The minimum absolute atomic E-state index is 0.0574. The molecule has 5 nitrogen and oxygen atoms in total. The summed E-state index contributed by atoms with van der Waals surface area (Å²) >= 11 is 5.98. The SMILES string of the molecule is CN(CCO)C[C@@H]1COCCN1C(=O)c1ccc(F)cc1Cl. The molecule has 0 aliphatic carbocycles. The lowest BCUT2D eigenvalue weighted by atomic mass is 10.1. The van der Waals surface area contributed by atoms with Crippen molar-refractivity contribution in [2.24, 2.45) is 0 Å². The lowest BCUT2D eigenvalue weighted by molar-refractivity contribution is -0.0109. The number of amides is 1. The molecule has 122 valence electrons. The Morgan fingerprint density at radius 3 is 3.05 bits per heavy atom. The van der Waals surface area contributed by atoms with Crippen LogP contribution in [-0.2, 0) is 4.74 Å². The van der Waals surface area contributed by atoms with Crippen molar-refractivity contribution in [2.75, 3.05) is 46.5 Å². The van der Waals surface area contributed by atoms with Gasteiger partial charge in [-0.1, -0.05) is 11.6 Å². The molecule has 0 bridgehead atoms. The number of hydrogen-bond acceptors (Lipinski definition) is 4. The van der Waals surface area contributed by atoms with E-state index in [0.29, 0.717) is 38.4 Å². The quantitative estimate of drug-likeness (QED) is 0.882. The zero-order chi connectivity index (χ0) is 16.1. The molecule has 1 amide bonds. The third-order valence-electron chi connectivity index (χ3n) is 3.65. The van der Waals surface area contributed by atoms with Crippen LogP contribution < -0.4 is 0 Å². The number of benzene rings is 1. The van der Waals surface area contributed by atoms with E-state index in [0.717, 1.165) is 6.07 Å². The molecule has 0 aromatic heterocycles. The maximum atomic E-state index is 13.1. The molecule has 0 spiro atoms. The second-order valence-electron chi connectivity index (χ2n) is 5.34. The zero-order valence-corrected chi connectivity index (χ0v) is 13.2. The summed E-state index contributed by atoms with van der Waals surface area (Å²) in [6.07, 6.45) is 0. The predicted octanol–water partition coefficient (Wildman–Crippen LogP) is 1.24. The highest BCUT2D eigenvalue weighted by molar-refractivity contribution is 6.33. The van der Waals surface area contributed by atoms with Gasteiger partial charge < -0.3 is 19.6 Å². The minimum Gasteiger partial charge on any atom is -0.395 e. The molecule has 22 heavy (non-hydrogen) atoms. The molecule has 1 heterocycles. The van der Waals surface area contributed by atoms with E-state index < -0.39 is 5.82 Å².